The second-order valence-corrected chi connectivity index (χ2v) is 5.23. The quantitative estimate of drug-likeness (QED) is 0.723. The number of hydrogen-bond donors (Lipinski definition) is 3. The summed E-state index contributed by atoms with van der Waals surface area (Å²) in [7, 11) is 1.47. The van der Waals surface area contributed by atoms with Crippen molar-refractivity contribution < 1.29 is 24.2 Å². The van der Waals surface area contributed by atoms with Crippen LogP contribution in [0.15, 0.2) is 36.4 Å². The van der Waals surface area contributed by atoms with Crippen LogP contribution in [0.4, 0.5) is 0 Å². The molecule has 0 aliphatic rings. The summed E-state index contributed by atoms with van der Waals surface area (Å²) in [6.07, 6.45) is 0. The maximum absolute atomic E-state index is 12.2. The Labute approximate surface area is 145 Å². The van der Waals surface area contributed by atoms with Gasteiger partial charge in [0.15, 0.2) is 11.5 Å². The Morgan fingerprint density at radius 1 is 1.04 bits per heavy atom. The number of methoxy groups -OCH3 is 1. The average Bonchev–Trinajstić information content (AvgIpc) is 2.60. The predicted octanol–water partition coefficient (Wildman–Crippen LogP) is 2.18. The smallest absolute Gasteiger partial charge is 0.273 e. The van der Waals surface area contributed by atoms with Crippen molar-refractivity contribution in [1.29, 1.82) is 0 Å². The summed E-state index contributed by atoms with van der Waals surface area (Å²) in [4.78, 5) is 24.2. The summed E-state index contributed by atoms with van der Waals surface area (Å²) >= 11 is 0. The van der Waals surface area contributed by atoms with Gasteiger partial charge in [0.1, 0.15) is 5.75 Å². The number of ether oxygens (including phenoxy) is 2. The van der Waals surface area contributed by atoms with E-state index in [4.69, 9.17) is 9.47 Å². The van der Waals surface area contributed by atoms with Crippen LogP contribution < -0.4 is 20.3 Å². The van der Waals surface area contributed by atoms with Crippen molar-refractivity contribution in [1.82, 2.24) is 10.9 Å². The molecule has 7 heteroatoms. The number of benzene rings is 2. The van der Waals surface area contributed by atoms with Crippen molar-refractivity contribution >= 4 is 11.8 Å². The van der Waals surface area contributed by atoms with E-state index in [9.17, 15) is 14.7 Å². The molecule has 2 aromatic carbocycles. The maximum Gasteiger partial charge on any atom is 0.273 e. The monoisotopic (exact) mass is 344 g/mol. The number of phenolic OH excluding ortho intramolecular Hbond substituents is 1. The largest absolute Gasteiger partial charge is 0.507 e. The lowest BCUT2D eigenvalue weighted by molar-refractivity contribution is 0.0845. The van der Waals surface area contributed by atoms with E-state index in [2.05, 4.69) is 10.9 Å². The van der Waals surface area contributed by atoms with E-state index >= 15 is 0 Å². The van der Waals surface area contributed by atoms with Gasteiger partial charge in [0.2, 0.25) is 0 Å². The van der Waals surface area contributed by atoms with Gasteiger partial charge in [-0.2, -0.15) is 0 Å². The fourth-order valence-electron chi connectivity index (χ4n) is 2.17. The Morgan fingerprint density at radius 3 is 2.40 bits per heavy atom. The number of carbonyl (C=O) groups is 2. The lowest BCUT2D eigenvalue weighted by Crippen LogP contribution is -2.41. The lowest BCUT2D eigenvalue weighted by Gasteiger charge is -2.12. The number of hydrogen-bond acceptors (Lipinski definition) is 5. The first-order valence-corrected chi connectivity index (χ1v) is 7.67. The van der Waals surface area contributed by atoms with Crippen LogP contribution in [-0.4, -0.2) is 30.6 Å². The van der Waals surface area contributed by atoms with E-state index in [1.54, 1.807) is 25.1 Å². The molecule has 0 radical (unpaired) electrons. The molecule has 3 N–H and O–H groups in total. The van der Waals surface area contributed by atoms with Gasteiger partial charge in [-0.05, 0) is 49.7 Å². The third-order valence-corrected chi connectivity index (χ3v) is 3.41. The minimum Gasteiger partial charge on any atom is -0.507 e. The van der Waals surface area contributed by atoms with E-state index in [0.29, 0.717) is 18.1 Å². The number of nitrogens with one attached hydrogen (secondary N) is 2. The number of amides is 2. The lowest BCUT2D eigenvalue weighted by atomic mass is 10.1. The topological polar surface area (TPSA) is 96.9 Å². The summed E-state index contributed by atoms with van der Waals surface area (Å²) in [6.45, 7) is 4.11. The molecule has 25 heavy (non-hydrogen) atoms. The first kappa shape index (κ1) is 18.1. The van der Waals surface area contributed by atoms with Crippen LogP contribution in [0, 0.1) is 6.92 Å². The van der Waals surface area contributed by atoms with Crippen molar-refractivity contribution in [3.8, 4) is 17.2 Å². The Kier molecular flexibility index (Phi) is 5.84. The molecular formula is C18H20N2O5. The van der Waals surface area contributed by atoms with Crippen LogP contribution >= 0.6 is 0 Å². The van der Waals surface area contributed by atoms with Crippen LogP contribution in [0.2, 0.25) is 0 Å². The molecular weight excluding hydrogens is 324 g/mol. The number of rotatable bonds is 5. The molecule has 2 amide bonds. The number of phenols is 1. The third kappa shape index (κ3) is 4.41. The van der Waals surface area contributed by atoms with Gasteiger partial charge in [-0.25, -0.2) is 0 Å². The molecule has 0 fully saturated rings. The van der Waals surface area contributed by atoms with Gasteiger partial charge >= 0.3 is 0 Å². The van der Waals surface area contributed by atoms with Gasteiger partial charge in [-0.15, -0.1) is 0 Å². The summed E-state index contributed by atoms with van der Waals surface area (Å²) in [5.41, 5.74) is 5.73. The molecule has 2 aromatic rings. The zero-order valence-corrected chi connectivity index (χ0v) is 14.3. The average molecular weight is 344 g/mol. The summed E-state index contributed by atoms with van der Waals surface area (Å²) in [5, 5.41) is 9.79. The van der Waals surface area contributed by atoms with Crippen molar-refractivity contribution in [2.45, 2.75) is 13.8 Å². The zero-order chi connectivity index (χ0) is 18.4. The summed E-state index contributed by atoms with van der Waals surface area (Å²) in [5.74, 6) is -0.369. The Bertz CT molecular complexity index is 789. The highest BCUT2D eigenvalue weighted by Crippen LogP contribution is 2.28. The molecule has 0 atom stereocenters. The number of aryl methyl sites for hydroxylation is 1. The molecule has 0 saturated heterocycles. The van der Waals surface area contributed by atoms with E-state index in [0.717, 1.165) is 5.56 Å². The van der Waals surface area contributed by atoms with Gasteiger partial charge in [0, 0.05) is 5.56 Å². The Morgan fingerprint density at radius 2 is 1.76 bits per heavy atom. The molecule has 0 aliphatic heterocycles. The van der Waals surface area contributed by atoms with Crippen LogP contribution in [0.25, 0.3) is 0 Å². The molecule has 0 heterocycles. The summed E-state index contributed by atoms with van der Waals surface area (Å²) in [6, 6.07) is 9.31. The second kappa shape index (κ2) is 8.05. The molecule has 0 unspecified atom stereocenters. The van der Waals surface area contributed by atoms with Gasteiger partial charge < -0.3 is 14.6 Å². The SMILES string of the molecule is CCOc1ccc(C(=O)NNC(=O)c2ccc(C)cc2O)cc1OC. The van der Waals surface area contributed by atoms with Crippen molar-refractivity contribution in [2.24, 2.45) is 0 Å². The number of hydrazine groups is 1. The van der Waals surface area contributed by atoms with E-state index < -0.39 is 11.8 Å². The van der Waals surface area contributed by atoms with E-state index in [1.807, 2.05) is 6.92 Å². The minimum atomic E-state index is -0.622. The van der Waals surface area contributed by atoms with Gasteiger partial charge in [0.05, 0.1) is 19.3 Å². The van der Waals surface area contributed by atoms with Crippen LogP contribution in [0.1, 0.15) is 33.2 Å². The van der Waals surface area contributed by atoms with E-state index in [-0.39, 0.29) is 16.9 Å². The third-order valence-electron chi connectivity index (χ3n) is 3.41. The van der Waals surface area contributed by atoms with Crippen molar-refractivity contribution in [2.75, 3.05) is 13.7 Å². The van der Waals surface area contributed by atoms with Crippen molar-refractivity contribution in [3.05, 3.63) is 53.1 Å². The maximum atomic E-state index is 12.2. The number of aromatic hydroxyl groups is 1. The second-order valence-electron chi connectivity index (χ2n) is 5.23. The van der Waals surface area contributed by atoms with Gasteiger partial charge in [-0.3, -0.25) is 20.4 Å². The van der Waals surface area contributed by atoms with Crippen LogP contribution in [0.5, 0.6) is 17.2 Å². The normalized spacial score (nSPS) is 10.0. The fraction of sp³-hybridized carbons (Fsp3) is 0.222. The first-order chi connectivity index (χ1) is 12.0. The van der Waals surface area contributed by atoms with Crippen LogP contribution in [-0.2, 0) is 0 Å². The Hall–Kier alpha value is -3.22. The van der Waals surface area contributed by atoms with Gasteiger partial charge in [0.25, 0.3) is 11.8 Å². The fourth-order valence-corrected chi connectivity index (χ4v) is 2.17. The highest BCUT2D eigenvalue weighted by atomic mass is 16.5. The molecule has 0 aromatic heterocycles. The zero-order valence-electron chi connectivity index (χ0n) is 14.3. The molecule has 0 aliphatic carbocycles. The highest BCUT2D eigenvalue weighted by molar-refractivity contribution is 6.00. The minimum absolute atomic E-state index is 0.0650. The molecule has 132 valence electrons. The van der Waals surface area contributed by atoms with E-state index in [1.165, 1.54) is 25.3 Å². The Balaban J connectivity index is 2.05. The molecule has 0 bridgehead atoms. The molecule has 7 nitrogen and oxygen atoms in total. The standard InChI is InChI=1S/C18H20N2O5/c1-4-25-15-8-6-12(10-16(15)24-3)17(22)19-20-18(23)13-7-5-11(2)9-14(13)21/h5-10,21H,4H2,1-3H3,(H,19,22)(H,20,23). The predicted molar refractivity (Wildman–Crippen MR) is 91.9 cm³/mol. The van der Waals surface area contributed by atoms with Gasteiger partial charge in [-0.1, -0.05) is 6.07 Å². The molecule has 0 saturated carbocycles. The van der Waals surface area contributed by atoms with Crippen LogP contribution in [0.3, 0.4) is 0 Å². The van der Waals surface area contributed by atoms with Crippen molar-refractivity contribution in [3.63, 3.8) is 0 Å². The molecule has 2 rings (SSSR count). The highest BCUT2D eigenvalue weighted by Gasteiger charge is 2.14. The first-order valence-electron chi connectivity index (χ1n) is 7.67. The summed E-state index contributed by atoms with van der Waals surface area (Å²) < 4.78 is 10.6. The molecule has 0 spiro atoms. The number of carbonyl (C=O) groups excluding carboxylic acids is 2.